The van der Waals surface area contributed by atoms with E-state index in [2.05, 4.69) is 42.6 Å². The number of hydrogen-bond donors (Lipinski definition) is 2. The minimum atomic E-state index is 0.606. The lowest BCUT2D eigenvalue weighted by molar-refractivity contribution is 0.679. The zero-order valence-corrected chi connectivity index (χ0v) is 14.6. The molecule has 1 heterocycles. The smallest absolute Gasteiger partial charge is 0.229 e. The lowest BCUT2D eigenvalue weighted by atomic mass is 9.97. The van der Waals surface area contributed by atoms with E-state index in [1.807, 2.05) is 30.3 Å². The SMILES string of the molecule is Brc1ccc(Nc2nccc(NCCC3=CCCCC3)n2)cc1. The van der Waals surface area contributed by atoms with Crippen molar-refractivity contribution in [2.45, 2.75) is 32.1 Å². The monoisotopic (exact) mass is 372 g/mol. The fourth-order valence-corrected chi connectivity index (χ4v) is 2.93. The summed E-state index contributed by atoms with van der Waals surface area (Å²) < 4.78 is 1.05. The largest absolute Gasteiger partial charge is 0.370 e. The predicted molar refractivity (Wildman–Crippen MR) is 99.1 cm³/mol. The van der Waals surface area contributed by atoms with Crippen molar-refractivity contribution < 1.29 is 0 Å². The molecule has 0 fully saturated rings. The van der Waals surface area contributed by atoms with Crippen LogP contribution in [0.4, 0.5) is 17.5 Å². The number of allylic oxidation sites excluding steroid dienone is 1. The maximum atomic E-state index is 4.51. The third-order valence-electron chi connectivity index (χ3n) is 3.89. The molecule has 0 saturated heterocycles. The number of benzene rings is 1. The molecule has 2 N–H and O–H groups in total. The molecule has 120 valence electrons. The van der Waals surface area contributed by atoms with Crippen LogP contribution in [0.2, 0.25) is 0 Å². The van der Waals surface area contributed by atoms with E-state index in [0.29, 0.717) is 5.95 Å². The molecular formula is C18H21BrN4. The second kappa shape index (κ2) is 8.11. The molecule has 23 heavy (non-hydrogen) atoms. The minimum Gasteiger partial charge on any atom is -0.370 e. The zero-order chi connectivity index (χ0) is 15.9. The average molecular weight is 373 g/mol. The van der Waals surface area contributed by atoms with Gasteiger partial charge >= 0.3 is 0 Å². The zero-order valence-electron chi connectivity index (χ0n) is 13.1. The van der Waals surface area contributed by atoms with Gasteiger partial charge in [0, 0.05) is 22.9 Å². The van der Waals surface area contributed by atoms with E-state index in [-0.39, 0.29) is 0 Å². The van der Waals surface area contributed by atoms with E-state index in [1.165, 1.54) is 25.7 Å². The summed E-state index contributed by atoms with van der Waals surface area (Å²) in [5.41, 5.74) is 2.55. The van der Waals surface area contributed by atoms with Crippen molar-refractivity contribution >= 4 is 33.4 Å². The Kier molecular flexibility index (Phi) is 5.64. The standard InChI is InChI=1S/C18H21BrN4/c19-15-6-8-16(9-7-15)22-18-21-13-11-17(23-18)20-12-10-14-4-2-1-3-5-14/h4,6-9,11,13H,1-3,5,10,12H2,(H2,20,21,22,23). The Morgan fingerprint density at radius 2 is 1.96 bits per heavy atom. The molecule has 0 amide bonds. The van der Waals surface area contributed by atoms with Crippen LogP contribution in [-0.4, -0.2) is 16.5 Å². The van der Waals surface area contributed by atoms with Crippen molar-refractivity contribution in [1.29, 1.82) is 0 Å². The highest BCUT2D eigenvalue weighted by Gasteiger charge is 2.04. The third-order valence-corrected chi connectivity index (χ3v) is 4.42. The first-order chi connectivity index (χ1) is 11.3. The van der Waals surface area contributed by atoms with E-state index in [0.717, 1.165) is 28.9 Å². The molecule has 0 spiro atoms. The van der Waals surface area contributed by atoms with Crippen molar-refractivity contribution in [3.05, 3.63) is 52.7 Å². The molecular weight excluding hydrogens is 352 g/mol. The van der Waals surface area contributed by atoms with E-state index < -0.39 is 0 Å². The van der Waals surface area contributed by atoms with Gasteiger partial charge in [0.05, 0.1) is 0 Å². The highest BCUT2D eigenvalue weighted by molar-refractivity contribution is 9.10. The van der Waals surface area contributed by atoms with Crippen LogP contribution in [0, 0.1) is 0 Å². The van der Waals surface area contributed by atoms with Crippen molar-refractivity contribution in [1.82, 2.24) is 9.97 Å². The van der Waals surface area contributed by atoms with Gasteiger partial charge in [-0.05, 0) is 62.4 Å². The number of rotatable bonds is 6. The van der Waals surface area contributed by atoms with Gasteiger partial charge in [0.15, 0.2) is 0 Å². The van der Waals surface area contributed by atoms with Gasteiger partial charge in [0.25, 0.3) is 0 Å². The first-order valence-electron chi connectivity index (χ1n) is 8.07. The highest BCUT2D eigenvalue weighted by atomic mass is 79.9. The van der Waals surface area contributed by atoms with E-state index in [9.17, 15) is 0 Å². The molecule has 1 aliphatic carbocycles. The predicted octanol–water partition coefficient (Wildman–Crippen LogP) is 5.29. The molecule has 0 saturated carbocycles. The van der Waals surface area contributed by atoms with Gasteiger partial charge in [-0.2, -0.15) is 4.98 Å². The first kappa shape index (κ1) is 16.0. The third kappa shape index (κ3) is 5.06. The molecule has 3 rings (SSSR count). The molecule has 4 nitrogen and oxygen atoms in total. The summed E-state index contributed by atoms with van der Waals surface area (Å²) in [6.45, 7) is 0.917. The Morgan fingerprint density at radius 1 is 1.09 bits per heavy atom. The van der Waals surface area contributed by atoms with E-state index in [4.69, 9.17) is 0 Å². The van der Waals surface area contributed by atoms with Crippen molar-refractivity contribution in [3.63, 3.8) is 0 Å². The lowest BCUT2D eigenvalue weighted by Crippen LogP contribution is -2.07. The maximum Gasteiger partial charge on any atom is 0.229 e. The van der Waals surface area contributed by atoms with Crippen LogP contribution < -0.4 is 10.6 Å². The molecule has 0 unspecified atom stereocenters. The van der Waals surface area contributed by atoms with Crippen LogP contribution in [0.15, 0.2) is 52.7 Å². The topological polar surface area (TPSA) is 49.8 Å². The van der Waals surface area contributed by atoms with E-state index >= 15 is 0 Å². The summed E-state index contributed by atoms with van der Waals surface area (Å²) in [7, 11) is 0. The summed E-state index contributed by atoms with van der Waals surface area (Å²) in [5.74, 6) is 1.46. The maximum absolute atomic E-state index is 4.51. The number of nitrogens with one attached hydrogen (secondary N) is 2. The van der Waals surface area contributed by atoms with Crippen molar-refractivity contribution in [2.75, 3.05) is 17.2 Å². The summed E-state index contributed by atoms with van der Waals surface area (Å²) in [4.78, 5) is 8.78. The van der Waals surface area contributed by atoms with Crippen molar-refractivity contribution in [3.8, 4) is 0 Å². The molecule has 0 aliphatic heterocycles. The number of halogens is 1. The fraction of sp³-hybridized carbons (Fsp3) is 0.333. The number of hydrogen-bond acceptors (Lipinski definition) is 4. The quantitative estimate of drug-likeness (QED) is 0.676. The second-order valence-electron chi connectivity index (χ2n) is 5.68. The van der Waals surface area contributed by atoms with Gasteiger partial charge < -0.3 is 10.6 Å². The normalized spacial score (nSPS) is 14.2. The average Bonchev–Trinajstić information content (AvgIpc) is 2.58. The van der Waals surface area contributed by atoms with Crippen LogP contribution in [-0.2, 0) is 0 Å². The summed E-state index contributed by atoms with van der Waals surface area (Å²) in [6.07, 6.45) is 10.4. The van der Waals surface area contributed by atoms with Crippen LogP contribution in [0.5, 0.6) is 0 Å². The Bertz CT molecular complexity index is 667. The van der Waals surface area contributed by atoms with Crippen LogP contribution in [0.3, 0.4) is 0 Å². The number of aromatic nitrogens is 2. The summed E-state index contributed by atoms with van der Waals surface area (Å²) in [5, 5.41) is 6.60. The molecule has 5 heteroatoms. The Morgan fingerprint density at radius 3 is 2.74 bits per heavy atom. The van der Waals surface area contributed by atoms with Gasteiger partial charge in [-0.15, -0.1) is 0 Å². The summed E-state index contributed by atoms with van der Waals surface area (Å²) in [6, 6.07) is 9.86. The lowest BCUT2D eigenvalue weighted by Gasteiger charge is -2.13. The molecule has 1 aliphatic rings. The minimum absolute atomic E-state index is 0.606. The van der Waals surface area contributed by atoms with Gasteiger partial charge in [0.2, 0.25) is 5.95 Å². The van der Waals surface area contributed by atoms with Gasteiger partial charge in [-0.1, -0.05) is 27.6 Å². The van der Waals surface area contributed by atoms with Crippen LogP contribution in [0.25, 0.3) is 0 Å². The molecule has 0 radical (unpaired) electrons. The first-order valence-corrected chi connectivity index (χ1v) is 8.86. The molecule has 1 aromatic carbocycles. The molecule has 0 bridgehead atoms. The second-order valence-corrected chi connectivity index (χ2v) is 6.60. The van der Waals surface area contributed by atoms with Gasteiger partial charge in [-0.25, -0.2) is 4.98 Å². The van der Waals surface area contributed by atoms with Gasteiger partial charge in [-0.3, -0.25) is 0 Å². The molecule has 0 atom stereocenters. The highest BCUT2D eigenvalue weighted by Crippen LogP contribution is 2.20. The van der Waals surface area contributed by atoms with Gasteiger partial charge in [0.1, 0.15) is 5.82 Å². The summed E-state index contributed by atoms with van der Waals surface area (Å²) >= 11 is 3.43. The van der Waals surface area contributed by atoms with Crippen molar-refractivity contribution in [2.24, 2.45) is 0 Å². The van der Waals surface area contributed by atoms with Crippen LogP contribution >= 0.6 is 15.9 Å². The molecule has 2 aromatic rings. The number of nitrogens with zero attached hydrogens (tertiary/aromatic N) is 2. The fourth-order valence-electron chi connectivity index (χ4n) is 2.66. The Labute approximate surface area is 145 Å². The number of anilines is 3. The van der Waals surface area contributed by atoms with E-state index in [1.54, 1.807) is 11.8 Å². The Hall–Kier alpha value is -1.88. The Balaban J connectivity index is 1.54. The molecule has 1 aromatic heterocycles. The van der Waals surface area contributed by atoms with Crippen LogP contribution in [0.1, 0.15) is 32.1 Å².